The van der Waals surface area contributed by atoms with E-state index in [0.29, 0.717) is 18.5 Å². The number of nitrogens with zero attached hydrogens (tertiary/aromatic N) is 3. The maximum absolute atomic E-state index is 12.9. The van der Waals surface area contributed by atoms with E-state index in [2.05, 4.69) is 5.10 Å². The highest BCUT2D eigenvalue weighted by molar-refractivity contribution is 5.95. The fourth-order valence-corrected chi connectivity index (χ4v) is 3.23. The molecule has 0 saturated carbocycles. The summed E-state index contributed by atoms with van der Waals surface area (Å²) in [6.07, 6.45) is 7.02. The van der Waals surface area contributed by atoms with Gasteiger partial charge in [-0.3, -0.25) is 9.59 Å². The summed E-state index contributed by atoms with van der Waals surface area (Å²) < 4.78 is 1.72. The molecule has 2 heterocycles. The van der Waals surface area contributed by atoms with E-state index in [-0.39, 0.29) is 18.4 Å². The summed E-state index contributed by atoms with van der Waals surface area (Å²) in [4.78, 5) is 25.6. The fourth-order valence-electron chi connectivity index (χ4n) is 3.23. The Morgan fingerprint density at radius 2 is 2.12 bits per heavy atom. The highest BCUT2D eigenvalue weighted by Gasteiger charge is 2.27. The molecule has 0 unspecified atom stereocenters. The molecule has 1 N–H and O–H groups in total. The zero-order valence-electron chi connectivity index (χ0n) is 13.5. The van der Waals surface area contributed by atoms with Gasteiger partial charge in [-0.15, -0.1) is 0 Å². The zero-order valence-corrected chi connectivity index (χ0v) is 13.5. The van der Waals surface area contributed by atoms with Crippen LogP contribution in [-0.4, -0.2) is 44.3 Å². The molecule has 6 heteroatoms. The minimum atomic E-state index is -0.811. The number of carbonyl (C=O) groups is 2. The summed E-state index contributed by atoms with van der Waals surface area (Å²) in [5.41, 5.74) is 1.45. The Labute approximate surface area is 140 Å². The van der Waals surface area contributed by atoms with Crippen LogP contribution >= 0.6 is 0 Å². The lowest BCUT2D eigenvalue weighted by molar-refractivity contribution is -0.137. The first kappa shape index (κ1) is 16.2. The molecule has 0 spiro atoms. The smallest absolute Gasteiger partial charge is 0.303 e. The lowest BCUT2D eigenvalue weighted by Crippen LogP contribution is -2.44. The maximum Gasteiger partial charge on any atom is 0.303 e. The minimum absolute atomic E-state index is 0.00992. The molecule has 1 aromatic heterocycles. The predicted octanol–water partition coefficient (Wildman–Crippen LogP) is 2.73. The van der Waals surface area contributed by atoms with Gasteiger partial charge in [0.15, 0.2) is 0 Å². The van der Waals surface area contributed by atoms with Crippen LogP contribution in [0.25, 0.3) is 5.69 Å². The summed E-state index contributed by atoms with van der Waals surface area (Å²) in [5.74, 6) is -0.840. The van der Waals surface area contributed by atoms with Gasteiger partial charge in [0.05, 0.1) is 5.69 Å². The van der Waals surface area contributed by atoms with Crippen LogP contribution < -0.4 is 0 Å². The Balaban J connectivity index is 1.79. The molecule has 0 bridgehead atoms. The van der Waals surface area contributed by atoms with Crippen LogP contribution in [0.15, 0.2) is 42.7 Å². The molecule has 1 amide bonds. The summed E-state index contributed by atoms with van der Waals surface area (Å²) in [6.45, 7) is 0.690. The molecule has 126 valence electrons. The maximum atomic E-state index is 12.9. The second kappa shape index (κ2) is 7.29. The number of carboxylic acid groups (broad SMARTS) is 1. The largest absolute Gasteiger partial charge is 0.481 e. The summed E-state index contributed by atoms with van der Waals surface area (Å²) in [5, 5.41) is 13.1. The van der Waals surface area contributed by atoms with Gasteiger partial charge in [0.25, 0.3) is 5.91 Å². The van der Waals surface area contributed by atoms with Crippen LogP contribution in [0.3, 0.4) is 0 Å². The molecule has 1 fully saturated rings. The Kier molecular flexibility index (Phi) is 4.93. The van der Waals surface area contributed by atoms with Gasteiger partial charge in [0.1, 0.15) is 0 Å². The molecule has 1 atom stereocenters. The predicted molar refractivity (Wildman–Crippen MR) is 89.1 cm³/mol. The molecule has 1 aliphatic rings. The second-order valence-corrected chi connectivity index (χ2v) is 6.08. The van der Waals surface area contributed by atoms with Gasteiger partial charge < -0.3 is 10.0 Å². The molecule has 24 heavy (non-hydrogen) atoms. The molecule has 0 radical (unpaired) electrons. The van der Waals surface area contributed by atoms with Crippen molar-refractivity contribution in [1.29, 1.82) is 0 Å². The number of hydrogen-bond donors (Lipinski definition) is 1. The van der Waals surface area contributed by atoms with Crippen LogP contribution in [0, 0.1) is 0 Å². The molecule has 2 aromatic rings. The number of aromatic nitrogens is 2. The Morgan fingerprint density at radius 1 is 1.25 bits per heavy atom. The molecule has 3 rings (SSSR count). The number of aliphatic carboxylic acids is 1. The molecular formula is C18H21N3O3. The van der Waals surface area contributed by atoms with Crippen molar-refractivity contribution in [2.24, 2.45) is 0 Å². The number of hydrogen-bond acceptors (Lipinski definition) is 3. The first-order valence-electron chi connectivity index (χ1n) is 8.28. The van der Waals surface area contributed by atoms with Crippen LogP contribution in [0.5, 0.6) is 0 Å². The van der Waals surface area contributed by atoms with Gasteiger partial charge in [0.2, 0.25) is 0 Å². The number of piperidine rings is 1. The monoisotopic (exact) mass is 327 g/mol. The fraction of sp³-hybridized carbons (Fsp3) is 0.389. The molecule has 1 aliphatic heterocycles. The standard InChI is InChI=1S/C18H21N3O3/c22-17(23)9-8-15-6-1-2-11-20(15)18(24)14-5-3-7-16(13-14)21-12-4-10-19-21/h3-5,7,10,12-13,15H,1-2,6,8-9,11H2,(H,22,23)/t15-/m1/s1. The van der Waals surface area contributed by atoms with Crippen molar-refractivity contribution >= 4 is 11.9 Å². The van der Waals surface area contributed by atoms with Gasteiger partial charge in [0, 0.05) is 37.0 Å². The van der Waals surface area contributed by atoms with Crippen LogP contribution in [-0.2, 0) is 4.79 Å². The van der Waals surface area contributed by atoms with Gasteiger partial charge in [-0.05, 0) is 49.9 Å². The molecule has 0 aliphatic carbocycles. The van der Waals surface area contributed by atoms with Crippen LogP contribution in [0.2, 0.25) is 0 Å². The highest BCUT2D eigenvalue weighted by Crippen LogP contribution is 2.23. The first-order chi connectivity index (χ1) is 11.6. The summed E-state index contributed by atoms with van der Waals surface area (Å²) in [7, 11) is 0. The van der Waals surface area contributed by atoms with E-state index in [0.717, 1.165) is 24.9 Å². The Morgan fingerprint density at radius 3 is 2.88 bits per heavy atom. The third-order valence-corrected chi connectivity index (χ3v) is 4.44. The van der Waals surface area contributed by atoms with Crippen molar-refractivity contribution in [3.63, 3.8) is 0 Å². The molecular weight excluding hydrogens is 306 g/mol. The first-order valence-corrected chi connectivity index (χ1v) is 8.28. The lowest BCUT2D eigenvalue weighted by Gasteiger charge is -2.35. The van der Waals surface area contributed by atoms with E-state index in [1.165, 1.54) is 0 Å². The van der Waals surface area contributed by atoms with E-state index in [1.54, 1.807) is 16.9 Å². The number of likely N-dealkylation sites (tertiary alicyclic amines) is 1. The average molecular weight is 327 g/mol. The number of rotatable bonds is 5. The number of carbonyl (C=O) groups excluding carboxylic acids is 1. The third-order valence-electron chi connectivity index (χ3n) is 4.44. The normalized spacial score (nSPS) is 17.7. The molecule has 1 saturated heterocycles. The topological polar surface area (TPSA) is 75.4 Å². The molecule has 6 nitrogen and oxygen atoms in total. The van der Waals surface area contributed by atoms with E-state index < -0.39 is 5.97 Å². The SMILES string of the molecule is O=C(O)CC[C@H]1CCCCN1C(=O)c1cccc(-n2cccn2)c1. The number of benzene rings is 1. The van der Waals surface area contributed by atoms with Gasteiger partial charge in [-0.25, -0.2) is 4.68 Å². The summed E-state index contributed by atoms with van der Waals surface area (Å²) >= 11 is 0. The summed E-state index contributed by atoms with van der Waals surface area (Å²) in [6, 6.07) is 9.23. The minimum Gasteiger partial charge on any atom is -0.481 e. The quantitative estimate of drug-likeness (QED) is 0.916. The third kappa shape index (κ3) is 3.64. The van der Waals surface area contributed by atoms with E-state index in [4.69, 9.17) is 5.11 Å². The van der Waals surface area contributed by atoms with Crippen molar-refractivity contribution in [2.45, 2.75) is 38.1 Å². The molecule has 1 aromatic carbocycles. The van der Waals surface area contributed by atoms with Gasteiger partial charge >= 0.3 is 5.97 Å². The van der Waals surface area contributed by atoms with Gasteiger partial charge in [-0.2, -0.15) is 5.10 Å². The van der Waals surface area contributed by atoms with Gasteiger partial charge in [-0.1, -0.05) is 6.07 Å². The number of carboxylic acids is 1. The van der Waals surface area contributed by atoms with Crippen LogP contribution in [0.4, 0.5) is 0 Å². The Hall–Kier alpha value is -2.63. The van der Waals surface area contributed by atoms with Crippen LogP contribution in [0.1, 0.15) is 42.5 Å². The van der Waals surface area contributed by atoms with E-state index in [1.807, 2.05) is 35.4 Å². The lowest BCUT2D eigenvalue weighted by atomic mass is 9.97. The van der Waals surface area contributed by atoms with Crippen molar-refractivity contribution in [3.05, 3.63) is 48.3 Å². The highest BCUT2D eigenvalue weighted by atomic mass is 16.4. The van der Waals surface area contributed by atoms with Crippen molar-refractivity contribution < 1.29 is 14.7 Å². The van der Waals surface area contributed by atoms with Crippen molar-refractivity contribution in [3.8, 4) is 5.69 Å². The van der Waals surface area contributed by atoms with Crippen molar-refractivity contribution in [1.82, 2.24) is 14.7 Å². The van der Waals surface area contributed by atoms with E-state index in [9.17, 15) is 9.59 Å². The zero-order chi connectivity index (χ0) is 16.9. The Bertz CT molecular complexity index is 712. The van der Waals surface area contributed by atoms with Crippen molar-refractivity contribution in [2.75, 3.05) is 6.54 Å². The second-order valence-electron chi connectivity index (χ2n) is 6.08. The van der Waals surface area contributed by atoms with E-state index >= 15 is 0 Å². The average Bonchev–Trinajstić information content (AvgIpc) is 3.14. The number of amides is 1.